The van der Waals surface area contributed by atoms with Crippen LogP contribution >= 0.6 is 58.1 Å². The molecule has 2 aromatic carbocycles. The van der Waals surface area contributed by atoms with Gasteiger partial charge in [0.2, 0.25) is 11.0 Å². The normalized spacial score (nSPS) is 12.2. The third kappa shape index (κ3) is 6.41. The molecule has 0 aliphatic carbocycles. The quantitative estimate of drug-likeness (QED) is 0.127. The molecular formula is C25H21Cl2N3O3S3. The maximum atomic E-state index is 12.8. The number of esters is 1. The number of carbonyl (C=O) groups is 1. The lowest BCUT2D eigenvalue weighted by Gasteiger charge is -2.18. The molecule has 11 heteroatoms. The molecule has 0 saturated heterocycles. The second-order valence-electron chi connectivity index (χ2n) is 7.66. The van der Waals surface area contributed by atoms with Gasteiger partial charge in [-0.3, -0.25) is 4.57 Å². The highest BCUT2D eigenvalue weighted by molar-refractivity contribution is 7.73. The average Bonchev–Trinajstić information content (AvgIpc) is 3.42. The topological polar surface area (TPSA) is 76.7 Å². The molecule has 1 atom stereocenters. The Morgan fingerprint density at radius 1 is 1.25 bits per heavy atom. The fourth-order valence-electron chi connectivity index (χ4n) is 3.51. The minimum Gasteiger partial charge on any atom is -0.493 e. The van der Waals surface area contributed by atoms with Crippen LogP contribution in [0.25, 0.3) is 0 Å². The number of benzene rings is 2. The fraction of sp³-hybridized carbons (Fsp3) is 0.200. The first-order valence-electron chi connectivity index (χ1n) is 10.9. The van der Waals surface area contributed by atoms with Crippen LogP contribution in [0.1, 0.15) is 33.8 Å². The molecule has 0 aliphatic heterocycles. The van der Waals surface area contributed by atoms with E-state index in [2.05, 4.69) is 9.98 Å². The minimum absolute atomic E-state index is 0.132. The Bertz CT molecular complexity index is 1450. The fourth-order valence-corrected chi connectivity index (χ4v) is 6.05. The molecule has 2 aromatic heterocycles. The van der Waals surface area contributed by atoms with E-state index in [1.54, 1.807) is 25.3 Å². The van der Waals surface area contributed by atoms with Crippen molar-refractivity contribution in [3.05, 3.63) is 89.6 Å². The summed E-state index contributed by atoms with van der Waals surface area (Å²) >= 11 is 20.3. The van der Waals surface area contributed by atoms with E-state index in [1.165, 1.54) is 22.1 Å². The summed E-state index contributed by atoms with van der Waals surface area (Å²) in [6, 6.07) is 14.1. The van der Waals surface area contributed by atoms with Crippen molar-refractivity contribution in [3.8, 4) is 5.88 Å². The number of rotatable bonds is 9. The first-order chi connectivity index (χ1) is 17.4. The SMILES string of the molecule is CCOC(=O)C(Cc1ccccc1)n1c(O)c(C=Nc2ncc(Cc3ccc(Cl)cc3Cl)s2)sc1=S. The van der Waals surface area contributed by atoms with Gasteiger partial charge in [0.05, 0.1) is 12.8 Å². The summed E-state index contributed by atoms with van der Waals surface area (Å²) in [5.74, 6) is -0.591. The van der Waals surface area contributed by atoms with Crippen molar-refractivity contribution in [1.82, 2.24) is 9.55 Å². The van der Waals surface area contributed by atoms with Crippen molar-refractivity contribution < 1.29 is 14.6 Å². The van der Waals surface area contributed by atoms with E-state index in [-0.39, 0.29) is 12.5 Å². The Balaban J connectivity index is 1.56. The largest absolute Gasteiger partial charge is 0.493 e. The molecular weight excluding hydrogens is 557 g/mol. The van der Waals surface area contributed by atoms with Crippen molar-refractivity contribution >= 4 is 75.4 Å². The predicted octanol–water partition coefficient (Wildman–Crippen LogP) is 7.44. The number of nitrogens with zero attached hydrogens (tertiary/aromatic N) is 3. The lowest BCUT2D eigenvalue weighted by atomic mass is 10.1. The van der Waals surface area contributed by atoms with Crippen LogP contribution in [0.5, 0.6) is 5.88 Å². The molecule has 0 amide bonds. The van der Waals surface area contributed by atoms with E-state index in [0.717, 1.165) is 27.3 Å². The molecule has 1 N–H and O–H groups in total. The maximum absolute atomic E-state index is 12.8. The maximum Gasteiger partial charge on any atom is 0.329 e. The first-order valence-corrected chi connectivity index (χ1v) is 13.7. The second kappa shape index (κ2) is 12.1. The molecule has 0 bridgehead atoms. The molecule has 4 aromatic rings. The van der Waals surface area contributed by atoms with Crippen molar-refractivity contribution in [2.75, 3.05) is 6.61 Å². The van der Waals surface area contributed by atoms with Gasteiger partial charge in [-0.15, -0.1) is 0 Å². The lowest BCUT2D eigenvalue weighted by Crippen LogP contribution is -2.24. The molecule has 2 heterocycles. The molecule has 186 valence electrons. The number of ether oxygens (including phenoxy) is 1. The number of aromatic nitrogens is 2. The zero-order valence-electron chi connectivity index (χ0n) is 19.1. The molecule has 1 unspecified atom stereocenters. The Labute approximate surface area is 231 Å². The molecule has 0 radical (unpaired) electrons. The molecule has 0 aliphatic rings. The van der Waals surface area contributed by atoms with Crippen LogP contribution in [0.2, 0.25) is 10.0 Å². The van der Waals surface area contributed by atoms with Gasteiger partial charge < -0.3 is 9.84 Å². The second-order valence-corrected chi connectivity index (χ2v) is 11.3. The molecule has 6 nitrogen and oxygen atoms in total. The van der Waals surface area contributed by atoms with E-state index >= 15 is 0 Å². The van der Waals surface area contributed by atoms with E-state index in [1.807, 2.05) is 36.4 Å². The number of halogens is 2. The summed E-state index contributed by atoms with van der Waals surface area (Å²) in [5.41, 5.74) is 1.87. The number of aromatic hydroxyl groups is 1. The molecule has 36 heavy (non-hydrogen) atoms. The van der Waals surface area contributed by atoms with Gasteiger partial charge in [-0.25, -0.2) is 14.8 Å². The van der Waals surface area contributed by atoms with Crippen molar-refractivity contribution in [3.63, 3.8) is 0 Å². The monoisotopic (exact) mass is 577 g/mol. The van der Waals surface area contributed by atoms with E-state index in [9.17, 15) is 9.90 Å². The number of hydrogen-bond donors (Lipinski definition) is 1. The van der Waals surface area contributed by atoms with E-state index in [0.29, 0.717) is 36.8 Å². The Kier molecular flexibility index (Phi) is 8.92. The highest BCUT2D eigenvalue weighted by Crippen LogP contribution is 2.32. The zero-order chi connectivity index (χ0) is 25.7. The number of carbonyl (C=O) groups excluding carboxylic acids is 1. The van der Waals surface area contributed by atoms with Gasteiger partial charge in [0, 0.05) is 34.0 Å². The molecule has 4 rings (SSSR count). The first kappa shape index (κ1) is 26.5. The summed E-state index contributed by atoms with van der Waals surface area (Å²) in [6.45, 7) is 1.97. The lowest BCUT2D eigenvalue weighted by molar-refractivity contribution is -0.147. The van der Waals surface area contributed by atoms with Crippen LogP contribution in [0.4, 0.5) is 5.13 Å². The molecule has 0 fully saturated rings. The van der Waals surface area contributed by atoms with E-state index in [4.69, 9.17) is 40.2 Å². The highest BCUT2D eigenvalue weighted by Gasteiger charge is 2.27. The third-order valence-electron chi connectivity index (χ3n) is 5.20. The van der Waals surface area contributed by atoms with Crippen molar-refractivity contribution in [1.29, 1.82) is 0 Å². The van der Waals surface area contributed by atoms with Gasteiger partial charge in [-0.1, -0.05) is 82.3 Å². The number of hydrogen-bond acceptors (Lipinski definition) is 8. The smallest absolute Gasteiger partial charge is 0.329 e. The summed E-state index contributed by atoms with van der Waals surface area (Å²) < 4.78 is 7.05. The van der Waals surface area contributed by atoms with E-state index < -0.39 is 12.0 Å². The van der Waals surface area contributed by atoms with Gasteiger partial charge in [-0.05, 0) is 42.4 Å². The predicted molar refractivity (Wildman–Crippen MR) is 149 cm³/mol. The van der Waals surface area contributed by atoms with Crippen LogP contribution in [0, 0.1) is 3.95 Å². The Hall–Kier alpha value is -2.56. The highest BCUT2D eigenvalue weighted by atomic mass is 35.5. The molecule has 0 spiro atoms. The third-order valence-corrected chi connectivity index (χ3v) is 8.02. The van der Waals surface area contributed by atoms with Gasteiger partial charge in [0.25, 0.3) is 0 Å². The van der Waals surface area contributed by atoms with Crippen LogP contribution in [0.15, 0.2) is 59.7 Å². The van der Waals surface area contributed by atoms with Crippen molar-refractivity contribution in [2.24, 2.45) is 4.99 Å². The van der Waals surface area contributed by atoms with Crippen LogP contribution < -0.4 is 0 Å². The van der Waals surface area contributed by atoms with Gasteiger partial charge in [0.15, 0.2) is 3.95 Å². The van der Waals surface area contributed by atoms with Gasteiger partial charge in [-0.2, -0.15) is 0 Å². The number of aliphatic imine (C=N–C) groups is 1. The summed E-state index contributed by atoms with van der Waals surface area (Å²) in [4.78, 5) is 23.0. The summed E-state index contributed by atoms with van der Waals surface area (Å²) in [7, 11) is 0. The average molecular weight is 579 g/mol. The summed E-state index contributed by atoms with van der Waals surface area (Å²) in [5, 5.41) is 12.7. The number of thiazole rings is 2. The Morgan fingerprint density at radius 3 is 2.75 bits per heavy atom. The van der Waals surface area contributed by atoms with Crippen LogP contribution in [-0.4, -0.2) is 33.4 Å². The minimum atomic E-state index is -0.797. The van der Waals surface area contributed by atoms with Crippen LogP contribution in [-0.2, 0) is 22.4 Å². The van der Waals surface area contributed by atoms with Gasteiger partial charge >= 0.3 is 5.97 Å². The Morgan fingerprint density at radius 2 is 2.03 bits per heavy atom. The standard InChI is InChI=1S/C25H21Cl2N3O3S3/c1-2-33-23(32)20(10-15-6-4-3-5-7-15)30-22(31)21(36-25(30)34)14-29-24-28-13-18(35-24)11-16-8-9-17(26)12-19(16)27/h3-9,12-14,20,31H,2,10-11H2,1H3. The molecule has 0 saturated carbocycles. The van der Waals surface area contributed by atoms with Crippen LogP contribution in [0.3, 0.4) is 0 Å². The van der Waals surface area contributed by atoms with Gasteiger partial charge in [0.1, 0.15) is 10.9 Å². The van der Waals surface area contributed by atoms with Crippen molar-refractivity contribution in [2.45, 2.75) is 25.8 Å². The zero-order valence-corrected chi connectivity index (χ0v) is 23.0. The summed E-state index contributed by atoms with van der Waals surface area (Å²) in [6.07, 6.45) is 4.18.